The Morgan fingerprint density at radius 2 is 3.00 bits per heavy atom. The first-order valence-corrected chi connectivity index (χ1v) is 1.11. The standard InChI is InChI=1S/C2H5NO2/c3-1-5-2-4/h2H,1,3H2/i2D. The van der Waals surface area contributed by atoms with Gasteiger partial charge in [-0.2, -0.15) is 0 Å². The first-order chi connectivity index (χ1) is 2.77. The van der Waals surface area contributed by atoms with Crippen molar-refractivity contribution in [1.29, 1.82) is 0 Å². The molecular weight excluding hydrogens is 70.0 g/mol. The van der Waals surface area contributed by atoms with Crippen LogP contribution in [0, 0.1) is 0 Å². The quantitative estimate of drug-likeness (QED) is 0.324. The zero-order valence-corrected chi connectivity index (χ0v) is 2.60. The van der Waals surface area contributed by atoms with Crippen LogP contribution in [0.5, 0.6) is 0 Å². The Labute approximate surface area is 31.1 Å². The summed E-state index contributed by atoms with van der Waals surface area (Å²) in [5.74, 6) is 0. The van der Waals surface area contributed by atoms with E-state index in [-0.39, 0.29) is 6.73 Å². The lowest BCUT2D eigenvalue weighted by molar-refractivity contribution is -0.128. The van der Waals surface area contributed by atoms with Gasteiger partial charge in [0.2, 0.25) is 0 Å². The smallest absolute Gasteiger partial charge is 0.294 e. The molecule has 30 valence electrons. The molecule has 0 fully saturated rings. The van der Waals surface area contributed by atoms with Gasteiger partial charge in [-0.25, -0.2) is 0 Å². The molecule has 0 aromatic rings. The average Bonchev–Trinajstić information content (AvgIpc) is 1.35. The molecule has 3 heteroatoms. The molecule has 0 unspecified atom stereocenters. The van der Waals surface area contributed by atoms with Gasteiger partial charge >= 0.3 is 0 Å². The lowest BCUT2D eigenvalue weighted by atomic mass is 11.3. The van der Waals surface area contributed by atoms with Crippen molar-refractivity contribution in [1.82, 2.24) is 0 Å². The van der Waals surface area contributed by atoms with E-state index in [9.17, 15) is 4.79 Å². The summed E-state index contributed by atoms with van der Waals surface area (Å²) >= 11 is 0. The summed E-state index contributed by atoms with van der Waals surface area (Å²) in [5.41, 5.74) is 4.67. The van der Waals surface area contributed by atoms with Crippen molar-refractivity contribution >= 4 is 6.45 Å². The largest absolute Gasteiger partial charge is 0.452 e. The van der Waals surface area contributed by atoms with Crippen molar-refractivity contribution in [2.75, 3.05) is 6.73 Å². The fourth-order valence-electron chi connectivity index (χ4n) is 0.0340. The summed E-state index contributed by atoms with van der Waals surface area (Å²) in [6.07, 6.45) is -1.09. The minimum atomic E-state index is -1.09. The highest BCUT2D eigenvalue weighted by Crippen LogP contribution is 1.45. The van der Waals surface area contributed by atoms with E-state index >= 15 is 0 Å². The highest BCUT2D eigenvalue weighted by atomic mass is 16.5. The molecular formula is C2H5NO2. The summed E-state index contributed by atoms with van der Waals surface area (Å²) in [5, 5.41) is 0. The molecule has 0 radical (unpaired) electrons. The normalized spacial score (nSPS) is 9.40. The van der Waals surface area contributed by atoms with Gasteiger partial charge in [0.15, 0.2) is 1.37 Å². The molecule has 0 rings (SSSR count). The molecule has 0 saturated carbocycles. The Morgan fingerprint density at radius 3 is 3.00 bits per heavy atom. The van der Waals surface area contributed by atoms with Crippen molar-refractivity contribution in [3.63, 3.8) is 0 Å². The zero-order chi connectivity index (χ0) is 4.99. The van der Waals surface area contributed by atoms with Crippen LogP contribution in [0.4, 0.5) is 0 Å². The van der Waals surface area contributed by atoms with E-state index in [0.717, 1.165) is 0 Å². The third-order valence-electron chi connectivity index (χ3n) is 0.142. The predicted molar refractivity (Wildman–Crippen MR) is 16.2 cm³/mol. The highest BCUT2D eigenvalue weighted by molar-refractivity contribution is 5.36. The Hall–Kier alpha value is -0.570. The summed E-state index contributed by atoms with van der Waals surface area (Å²) in [6.45, 7) is -0.206. The first-order valence-electron chi connectivity index (χ1n) is 1.61. The molecule has 0 spiro atoms. The van der Waals surface area contributed by atoms with Crippen LogP contribution in [0.25, 0.3) is 0 Å². The van der Waals surface area contributed by atoms with Gasteiger partial charge in [0.05, 0.1) is 0 Å². The number of hydrogen-bond acceptors (Lipinski definition) is 3. The molecule has 5 heavy (non-hydrogen) atoms. The van der Waals surface area contributed by atoms with Crippen molar-refractivity contribution < 1.29 is 10.9 Å². The lowest BCUT2D eigenvalue weighted by Crippen LogP contribution is -2.01. The minimum absolute atomic E-state index is 0.206. The summed E-state index contributed by atoms with van der Waals surface area (Å²) < 4.78 is 9.88. The summed E-state index contributed by atoms with van der Waals surface area (Å²) in [4.78, 5) is 9.41. The van der Waals surface area contributed by atoms with E-state index in [4.69, 9.17) is 1.37 Å². The molecule has 0 aliphatic carbocycles. The molecule has 0 heterocycles. The van der Waals surface area contributed by atoms with Crippen LogP contribution in [-0.4, -0.2) is 13.2 Å². The molecule has 0 aromatic heterocycles. The number of carbonyl (C=O) groups excluding carboxylic acids is 1. The fourth-order valence-corrected chi connectivity index (χ4v) is 0.0340. The van der Waals surface area contributed by atoms with Gasteiger partial charge in [0, 0.05) is 0 Å². The van der Waals surface area contributed by atoms with Crippen molar-refractivity contribution in [2.45, 2.75) is 0 Å². The van der Waals surface area contributed by atoms with E-state index in [0.29, 0.717) is 0 Å². The van der Waals surface area contributed by atoms with E-state index in [1.807, 2.05) is 0 Å². The van der Waals surface area contributed by atoms with Crippen LogP contribution in [0.3, 0.4) is 0 Å². The average molecular weight is 76.1 g/mol. The number of hydrogen-bond donors (Lipinski definition) is 1. The second kappa shape index (κ2) is 3.43. The molecule has 0 bridgehead atoms. The second-order valence-corrected chi connectivity index (χ2v) is 0.394. The molecule has 0 aliphatic rings. The highest BCUT2D eigenvalue weighted by Gasteiger charge is 1.60. The lowest BCUT2D eigenvalue weighted by Gasteiger charge is -1.80. The van der Waals surface area contributed by atoms with Gasteiger partial charge in [0.25, 0.3) is 6.45 Å². The molecule has 0 atom stereocenters. The Kier molecular flexibility index (Phi) is 1.82. The second-order valence-electron chi connectivity index (χ2n) is 0.394. The van der Waals surface area contributed by atoms with E-state index in [1.54, 1.807) is 0 Å². The Morgan fingerprint density at radius 1 is 2.40 bits per heavy atom. The molecule has 2 N–H and O–H groups in total. The zero-order valence-electron chi connectivity index (χ0n) is 3.60. The SMILES string of the molecule is [2H]C(=O)OCN. The van der Waals surface area contributed by atoms with Crippen molar-refractivity contribution in [3.8, 4) is 0 Å². The van der Waals surface area contributed by atoms with Gasteiger partial charge in [-0.1, -0.05) is 0 Å². The van der Waals surface area contributed by atoms with Gasteiger partial charge in [-0.3, -0.25) is 10.5 Å². The summed E-state index contributed by atoms with van der Waals surface area (Å²) in [6, 6.07) is 0. The number of nitrogens with two attached hydrogens (primary N) is 1. The first kappa shape index (κ1) is 2.66. The van der Waals surface area contributed by atoms with Crippen LogP contribution in [0.15, 0.2) is 0 Å². The topological polar surface area (TPSA) is 52.3 Å². The Bertz CT molecular complexity index is 55.5. The van der Waals surface area contributed by atoms with E-state index < -0.39 is 6.45 Å². The molecule has 0 aliphatic heterocycles. The minimum Gasteiger partial charge on any atom is -0.452 e. The third kappa shape index (κ3) is 3.43. The molecule has 0 aromatic carbocycles. The van der Waals surface area contributed by atoms with Crippen LogP contribution >= 0.6 is 0 Å². The van der Waals surface area contributed by atoms with Gasteiger partial charge < -0.3 is 4.74 Å². The number of carbonyl (C=O) groups is 1. The molecule has 3 nitrogen and oxygen atoms in total. The van der Waals surface area contributed by atoms with Crippen LogP contribution < -0.4 is 5.73 Å². The van der Waals surface area contributed by atoms with Gasteiger partial charge in [-0.15, -0.1) is 0 Å². The molecule has 0 saturated heterocycles. The van der Waals surface area contributed by atoms with Crippen molar-refractivity contribution in [3.05, 3.63) is 0 Å². The number of rotatable bonds is 1. The fraction of sp³-hybridized carbons (Fsp3) is 0.500. The monoisotopic (exact) mass is 76.0 g/mol. The van der Waals surface area contributed by atoms with E-state index in [2.05, 4.69) is 10.5 Å². The molecule has 0 amide bonds. The van der Waals surface area contributed by atoms with Crippen molar-refractivity contribution in [2.24, 2.45) is 5.73 Å². The van der Waals surface area contributed by atoms with Crippen LogP contribution in [-0.2, 0) is 9.53 Å². The van der Waals surface area contributed by atoms with Crippen LogP contribution in [0.2, 0.25) is 0 Å². The predicted octanol–water partition coefficient (Wildman–Crippen LogP) is -0.924. The van der Waals surface area contributed by atoms with E-state index in [1.165, 1.54) is 0 Å². The summed E-state index contributed by atoms with van der Waals surface area (Å²) in [7, 11) is 0. The number of ether oxygens (including phenoxy) is 1. The maximum Gasteiger partial charge on any atom is 0.294 e. The van der Waals surface area contributed by atoms with Gasteiger partial charge in [0.1, 0.15) is 6.73 Å². The van der Waals surface area contributed by atoms with Gasteiger partial charge in [-0.05, 0) is 0 Å². The third-order valence-corrected chi connectivity index (χ3v) is 0.142. The van der Waals surface area contributed by atoms with Crippen LogP contribution in [0.1, 0.15) is 1.37 Å². The maximum atomic E-state index is 9.41. The Balaban J connectivity index is 2.83. The maximum absolute atomic E-state index is 9.41.